The van der Waals surface area contributed by atoms with Crippen molar-refractivity contribution in [3.8, 4) is 0 Å². The van der Waals surface area contributed by atoms with E-state index in [1.54, 1.807) is 6.26 Å². The number of rotatable bonds is 7. The molecular formula is C19H23N5O. The first-order valence-corrected chi connectivity index (χ1v) is 8.49. The van der Waals surface area contributed by atoms with Gasteiger partial charge in [-0.1, -0.05) is 18.2 Å². The molecule has 0 atom stereocenters. The van der Waals surface area contributed by atoms with Crippen LogP contribution >= 0.6 is 0 Å². The van der Waals surface area contributed by atoms with Crippen LogP contribution in [-0.4, -0.2) is 30.6 Å². The maximum Gasteiger partial charge on any atom is 0.191 e. The van der Waals surface area contributed by atoms with Gasteiger partial charge in [-0.05, 0) is 37.3 Å². The van der Waals surface area contributed by atoms with Gasteiger partial charge in [0.2, 0.25) is 0 Å². The molecule has 0 radical (unpaired) electrons. The summed E-state index contributed by atoms with van der Waals surface area (Å²) < 4.78 is 5.30. The lowest BCUT2D eigenvalue weighted by atomic mass is 10.2. The third kappa shape index (κ3) is 4.97. The summed E-state index contributed by atoms with van der Waals surface area (Å²) in [6, 6.07) is 16.0. The second-order valence-corrected chi connectivity index (χ2v) is 5.52. The minimum Gasteiger partial charge on any atom is -0.467 e. The van der Waals surface area contributed by atoms with Crippen molar-refractivity contribution >= 4 is 22.7 Å². The summed E-state index contributed by atoms with van der Waals surface area (Å²) >= 11 is 0. The Bertz CT molecular complexity index is 814. The molecule has 2 aromatic heterocycles. The SMILES string of the molecule is CCNC(=NCc1ccco1)NCCNc1ccc2ccccc2n1. The van der Waals surface area contributed by atoms with E-state index in [1.165, 1.54) is 0 Å². The van der Waals surface area contributed by atoms with Crippen LogP contribution in [-0.2, 0) is 6.54 Å². The van der Waals surface area contributed by atoms with Crippen LogP contribution in [0.1, 0.15) is 12.7 Å². The Hall–Kier alpha value is -3.02. The van der Waals surface area contributed by atoms with E-state index in [9.17, 15) is 0 Å². The molecule has 3 N–H and O–H groups in total. The highest BCUT2D eigenvalue weighted by Crippen LogP contribution is 2.14. The highest BCUT2D eigenvalue weighted by atomic mass is 16.3. The van der Waals surface area contributed by atoms with Gasteiger partial charge < -0.3 is 20.4 Å². The summed E-state index contributed by atoms with van der Waals surface area (Å²) in [6.07, 6.45) is 1.66. The van der Waals surface area contributed by atoms with Gasteiger partial charge in [-0.25, -0.2) is 9.98 Å². The third-order valence-corrected chi connectivity index (χ3v) is 3.64. The summed E-state index contributed by atoms with van der Waals surface area (Å²) in [5.74, 6) is 2.49. The molecule has 25 heavy (non-hydrogen) atoms. The molecule has 0 aliphatic heterocycles. The smallest absolute Gasteiger partial charge is 0.191 e. The Morgan fingerprint density at radius 1 is 1.04 bits per heavy atom. The van der Waals surface area contributed by atoms with Crippen LogP contribution in [0.3, 0.4) is 0 Å². The second-order valence-electron chi connectivity index (χ2n) is 5.52. The van der Waals surface area contributed by atoms with Gasteiger partial charge >= 0.3 is 0 Å². The molecule has 0 aliphatic rings. The summed E-state index contributed by atoms with van der Waals surface area (Å²) in [7, 11) is 0. The molecule has 3 rings (SSSR count). The molecule has 2 heterocycles. The van der Waals surface area contributed by atoms with Gasteiger partial charge in [0, 0.05) is 25.0 Å². The van der Waals surface area contributed by atoms with Gasteiger partial charge in [0.25, 0.3) is 0 Å². The molecule has 0 spiro atoms. The zero-order valence-electron chi connectivity index (χ0n) is 14.3. The van der Waals surface area contributed by atoms with Crippen molar-refractivity contribution in [1.29, 1.82) is 0 Å². The van der Waals surface area contributed by atoms with Crippen LogP contribution in [0.15, 0.2) is 64.2 Å². The van der Waals surface area contributed by atoms with E-state index in [-0.39, 0.29) is 0 Å². The fourth-order valence-corrected chi connectivity index (χ4v) is 2.44. The van der Waals surface area contributed by atoms with E-state index in [1.807, 2.05) is 43.3 Å². The first-order valence-electron chi connectivity index (χ1n) is 8.49. The predicted molar refractivity (Wildman–Crippen MR) is 102 cm³/mol. The number of hydrogen-bond acceptors (Lipinski definition) is 4. The van der Waals surface area contributed by atoms with Crippen LogP contribution in [0.4, 0.5) is 5.82 Å². The van der Waals surface area contributed by atoms with Crippen LogP contribution in [0.25, 0.3) is 10.9 Å². The Morgan fingerprint density at radius 3 is 2.80 bits per heavy atom. The molecule has 0 saturated carbocycles. The van der Waals surface area contributed by atoms with Gasteiger partial charge in [0.15, 0.2) is 5.96 Å². The molecule has 1 aromatic carbocycles. The summed E-state index contributed by atoms with van der Waals surface area (Å²) in [4.78, 5) is 9.10. The number of hydrogen-bond donors (Lipinski definition) is 3. The molecule has 0 amide bonds. The van der Waals surface area contributed by atoms with Gasteiger partial charge in [0.1, 0.15) is 18.1 Å². The fraction of sp³-hybridized carbons (Fsp3) is 0.263. The number of fused-ring (bicyclic) bond motifs is 1. The fourth-order valence-electron chi connectivity index (χ4n) is 2.44. The first-order chi connectivity index (χ1) is 12.3. The molecular weight excluding hydrogens is 314 g/mol. The Labute approximate surface area is 147 Å². The van der Waals surface area contributed by atoms with E-state index in [4.69, 9.17) is 4.42 Å². The lowest BCUT2D eigenvalue weighted by Crippen LogP contribution is -2.39. The normalized spacial score (nSPS) is 11.5. The summed E-state index contributed by atoms with van der Waals surface area (Å²) in [5, 5.41) is 11.0. The van der Waals surface area contributed by atoms with Gasteiger partial charge in [-0.3, -0.25) is 0 Å². The lowest BCUT2D eigenvalue weighted by molar-refractivity contribution is 0.512. The number of furan rings is 1. The maximum absolute atomic E-state index is 5.30. The zero-order chi connectivity index (χ0) is 17.3. The Kier molecular flexibility index (Phi) is 5.87. The molecule has 3 aromatic rings. The quantitative estimate of drug-likeness (QED) is 0.351. The molecule has 130 valence electrons. The van der Waals surface area contributed by atoms with E-state index in [0.29, 0.717) is 6.54 Å². The number of guanidine groups is 1. The number of aromatic nitrogens is 1. The molecule has 0 bridgehead atoms. The van der Waals surface area contributed by atoms with Crippen LogP contribution in [0.2, 0.25) is 0 Å². The highest BCUT2D eigenvalue weighted by Gasteiger charge is 2.00. The van der Waals surface area contributed by atoms with Crippen LogP contribution in [0, 0.1) is 0 Å². The van der Waals surface area contributed by atoms with Gasteiger partial charge in [0.05, 0.1) is 11.8 Å². The Morgan fingerprint density at radius 2 is 1.96 bits per heavy atom. The first kappa shape index (κ1) is 16.8. The molecule has 6 nitrogen and oxygen atoms in total. The van der Waals surface area contributed by atoms with Crippen LogP contribution < -0.4 is 16.0 Å². The standard InChI is InChI=1S/C19H23N5O/c1-2-20-19(23-14-16-7-5-13-25-16)22-12-11-21-18-10-9-15-6-3-4-8-17(15)24-18/h3-10,13H,2,11-12,14H2,1H3,(H,21,24)(H2,20,22,23). The Balaban J connectivity index is 1.48. The summed E-state index contributed by atoms with van der Waals surface area (Å²) in [6.45, 7) is 4.85. The number of para-hydroxylation sites is 1. The molecule has 6 heteroatoms. The predicted octanol–water partition coefficient (Wildman–Crippen LogP) is 3.00. The molecule has 0 fully saturated rings. The number of anilines is 1. The van der Waals surface area contributed by atoms with Crippen LogP contribution in [0.5, 0.6) is 0 Å². The highest BCUT2D eigenvalue weighted by molar-refractivity contribution is 5.80. The average Bonchev–Trinajstić information content (AvgIpc) is 3.16. The van der Waals surface area contributed by atoms with Crippen molar-refractivity contribution < 1.29 is 4.42 Å². The lowest BCUT2D eigenvalue weighted by Gasteiger charge is -2.12. The third-order valence-electron chi connectivity index (χ3n) is 3.64. The van der Waals surface area contributed by atoms with Crippen molar-refractivity contribution in [1.82, 2.24) is 15.6 Å². The monoisotopic (exact) mass is 337 g/mol. The van der Waals surface area contributed by atoms with E-state index >= 15 is 0 Å². The van der Waals surface area contributed by atoms with Gasteiger partial charge in [-0.15, -0.1) is 0 Å². The largest absolute Gasteiger partial charge is 0.467 e. The van der Waals surface area contributed by atoms with Crippen molar-refractivity contribution in [2.75, 3.05) is 25.0 Å². The summed E-state index contributed by atoms with van der Waals surface area (Å²) in [5.41, 5.74) is 0.994. The number of pyridine rings is 1. The van der Waals surface area contributed by atoms with Crippen molar-refractivity contribution in [3.05, 3.63) is 60.6 Å². The topological polar surface area (TPSA) is 74.5 Å². The average molecular weight is 337 g/mol. The van der Waals surface area contributed by atoms with E-state index in [0.717, 1.165) is 48.1 Å². The van der Waals surface area contributed by atoms with Gasteiger partial charge in [-0.2, -0.15) is 0 Å². The minimum absolute atomic E-state index is 0.516. The number of nitrogens with zero attached hydrogens (tertiary/aromatic N) is 2. The van der Waals surface area contributed by atoms with E-state index in [2.05, 4.69) is 38.1 Å². The van der Waals surface area contributed by atoms with Crippen molar-refractivity contribution in [3.63, 3.8) is 0 Å². The van der Waals surface area contributed by atoms with Crippen molar-refractivity contribution in [2.45, 2.75) is 13.5 Å². The molecule has 0 saturated heterocycles. The second kappa shape index (κ2) is 8.73. The number of aliphatic imine (C=N–C) groups is 1. The van der Waals surface area contributed by atoms with E-state index < -0.39 is 0 Å². The molecule has 0 unspecified atom stereocenters. The molecule has 0 aliphatic carbocycles. The maximum atomic E-state index is 5.30. The minimum atomic E-state index is 0.516. The van der Waals surface area contributed by atoms with Crippen molar-refractivity contribution in [2.24, 2.45) is 4.99 Å². The zero-order valence-corrected chi connectivity index (χ0v) is 14.3. The number of benzene rings is 1. The number of nitrogens with one attached hydrogen (secondary N) is 3.